The Balaban J connectivity index is 2.83. The molecule has 5 heteroatoms. The van der Waals surface area contributed by atoms with E-state index >= 15 is 0 Å². The van der Waals surface area contributed by atoms with Gasteiger partial charge in [-0.3, -0.25) is 4.79 Å². The number of nitrogens with zero attached hydrogens (tertiary/aromatic N) is 1. The van der Waals surface area contributed by atoms with E-state index in [1.807, 2.05) is 6.92 Å². The fourth-order valence-electron chi connectivity index (χ4n) is 0.916. The lowest BCUT2D eigenvalue weighted by atomic mass is 10.2. The van der Waals surface area contributed by atoms with Crippen LogP contribution >= 0.6 is 27.5 Å². The highest BCUT2D eigenvalue weighted by Gasteiger charge is 2.10. The second kappa shape index (κ2) is 5.32. The van der Waals surface area contributed by atoms with Crippen LogP contribution in [-0.4, -0.2) is 17.4 Å². The van der Waals surface area contributed by atoms with Gasteiger partial charge in [0.1, 0.15) is 5.15 Å². The molecule has 1 aromatic rings. The molecule has 0 aliphatic carbocycles. The first-order chi connectivity index (χ1) is 6.65. The van der Waals surface area contributed by atoms with E-state index in [1.165, 1.54) is 0 Å². The highest BCUT2D eigenvalue weighted by atomic mass is 79.9. The summed E-state index contributed by atoms with van der Waals surface area (Å²) in [5.41, 5.74) is 0.398. The molecule has 1 amide bonds. The zero-order chi connectivity index (χ0) is 10.6. The van der Waals surface area contributed by atoms with Crippen LogP contribution in [0.5, 0.6) is 0 Å². The minimum absolute atomic E-state index is 0.189. The molecular formula is C9H10BrClN2O. The molecule has 0 atom stereocenters. The Bertz CT molecular complexity index is 344. The zero-order valence-electron chi connectivity index (χ0n) is 7.68. The van der Waals surface area contributed by atoms with Gasteiger partial charge < -0.3 is 5.32 Å². The molecule has 1 rings (SSSR count). The van der Waals surface area contributed by atoms with Gasteiger partial charge in [0.15, 0.2) is 0 Å². The summed E-state index contributed by atoms with van der Waals surface area (Å²) in [6.45, 7) is 2.63. The van der Waals surface area contributed by atoms with Gasteiger partial charge >= 0.3 is 0 Å². The average molecular weight is 278 g/mol. The van der Waals surface area contributed by atoms with Gasteiger partial charge in [0.25, 0.3) is 5.91 Å². The molecule has 0 saturated carbocycles. The number of hydrogen-bond donors (Lipinski definition) is 1. The third-order valence-electron chi connectivity index (χ3n) is 1.59. The van der Waals surface area contributed by atoms with Crippen molar-refractivity contribution < 1.29 is 4.79 Å². The van der Waals surface area contributed by atoms with Crippen LogP contribution in [0, 0.1) is 0 Å². The van der Waals surface area contributed by atoms with Crippen LogP contribution < -0.4 is 5.32 Å². The smallest absolute Gasteiger partial charge is 0.254 e. The van der Waals surface area contributed by atoms with E-state index < -0.39 is 0 Å². The van der Waals surface area contributed by atoms with Gasteiger partial charge in [0.05, 0.1) is 5.56 Å². The van der Waals surface area contributed by atoms with Crippen molar-refractivity contribution in [1.82, 2.24) is 10.3 Å². The third kappa shape index (κ3) is 2.96. The molecule has 0 saturated heterocycles. The molecular weight excluding hydrogens is 267 g/mol. The summed E-state index contributed by atoms with van der Waals surface area (Å²) in [7, 11) is 0. The lowest BCUT2D eigenvalue weighted by molar-refractivity contribution is 0.0953. The predicted molar refractivity (Wildman–Crippen MR) is 59.6 cm³/mol. The molecule has 0 radical (unpaired) electrons. The number of aromatic nitrogens is 1. The normalized spacial score (nSPS) is 9.93. The van der Waals surface area contributed by atoms with Crippen LogP contribution in [0.15, 0.2) is 16.7 Å². The van der Waals surface area contributed by atoms with Crippen LogP contribution in [0.25, 0.3) is 0 Å². The van der Waals surface area contributed by atoms with Crippen molar-refractivity contribution in [3.05, 3.63) is 27.5 Å². The largest absolute Gasteiger partial charge is 0.352 e. The molecule has 1 heterocycles. The van der Waals surface area contributed by atoms with Gasteiger partial charge in [0.2, 0.25) is 0 Å². The Morgan fingerprint density at radius 2 is 2.43 bits per heavy atom. The van der Waals surface area contributed by atoms with E-state index in [4.69, 9.17) is 11.6 Å². The highest BCUT2D eigenvalue weighted by Crippen LogP contribution is 2.17. The predicted octanol–water partition coefficient (Wildman–Crippen LogP) is 2.64. The molecule has 0 bridgehead atoms. The summed E-state index contributed by atoms with van der Waals surface area (Å²) >= 11 is 9.01. The number of pyridine rings is 1. The number of hydrogen-bond acceptors (Lipinski definition) is 2. The standard InChI is InChI=1S/C9H10BrClN2O/c1-2-3-12-9(14)7-4-6(10)5-13-8(7)11/h4-5H,2-3H2,1H3,(H,12,14). The maximum absolute atomic E-state index is 11.5. The molecule has 0 unspecified atom stereocenters. The van der Waals surface area contributed by atoms with Crippen LogP contribution in [0.1, 0.15) is 23.7 Å². The summed E-state index contributed by atoms with van der Waals surface area (Å²) in [5.74, 6) is -0.189. The van der Waals surface area contributed by atoms with Crippen molar-refractivity contribution in [1.29, 1.82) is 0 Å². The first-order valence-electron chi connectivity index (χ1n) is 4.24. The minimum Gasteiger partial charge on any atom is -0.352 e. The molecule has 1 aromatic heterocycles. The maximum atomic E-state index is 11.5. The van der Waals surface area contributed by atoms with Gasteiger partial charge in [-0.25, -0.2) is 4.98 Å². The average Bonchev–Trinajstić information content (AvgIpc) is 2.18. The number of carbonyl (C=O) groups is 1. The van der Waals surface area contributed by atoms with Crippen LogP contribution in [0.2, 0.25) is 5.15 Å². The van der Waals surface area contributed by atoms with Gasteiger partial charge in [-0.05, 0) is 28.4 Å². The summed E-state index contributed by atoms with van der Waals surface area (Å²) in [4.78, 5) is 15.4. The molecule has 0 aliphatic rings. The number of carbonyl (C=O) groups excluding carboxylic acids is 1. The maximum Gasteiger partial charge on any atom is 0.254 e. The van der Waals surface area contributed by atoms with Gasteiger partial charge in [-0.15, -0.1) is 0 Å². The third-order valence-corrected chi connectivity index (χ3v) is 2.32. The molecule has 0 spiro atoms. The lowest BCUT2D eigenvalue weighted by Gasteiger charge is -2.04. The Morgan fingerprint density at radius 1 is 1.71 bits per heavy atom. The zero-order valence-corrected chi connectivity index (χ0v) is 10.0. The van der Waals surface area contributed by atoms with Gasteiger partial charge in [0, 0.05) is 17.2 Å². The first kappa shape index (κ1) is 11.5. The van der Waals surface area contributed by atoms with Gasteiger partial charge in [-0.2, -0.15) is 0 Å². The van der Waals surface area contributed by atoms with E-state index in [-0.39, 0.29) is 11.1 Å². The van der Waals surface area contributed by atoms with Gasteiger partial charge in [-0.1, -0.05) is 18.5 Å². The van der Waals surface area contributed by atoms with Crippen molar-refractivity contribution >= 4 is 33.4 Å². The van der Waals surface area contributed by atoms with Crippen molar-refractivity contribution in [2.24, 2.45) is 0 Å². The molecule has 0 aromatic carbocycles. The van der Waals surface area contributed by atoms with E-state index in [1.54, 1.807) is 12.3 Å². The Labute approximate surface area is 96.0 Å². The minimum atomic E-state index is -0.189. The lowest BCUT2D eigenvalue weighted by Crippen LogP contribution is -2.24. The fraction of sp³-hybridized carbons (Fsp3) is 0.333. The Hall–Kier alpha value is -0.610. The summed E-state index contributed by atoms with van der Waals surface area (Å²) in [6, 6.07) is 1.65. The van der Waals surface area contributed by atoms with Crippen molar-refractivity contribution in [3.63, 3.8) is 0 Å². The molecule has 0 aliphatic heterocycles. The highest BCUT2D eigenvalue weighted by molar-refractivity contribution is 9.10. The monoisotopic (exact) mass is 276 g/mol. The van der Waals surface area contributed by atoms with E-state index in [9.17, 15) is 4.79 Å². The van der Waals surface area contributed by atoms with E-state index in [0.717, 1.165) is 10.9 Å². The summed E-state index contributed by atoms with van der Waals surface area (Å²) < 4.78 is 0.739. The molecule has 3 nitrogen and oxygen atoms in total. The SMILES string of the molecule is CCCNC(=O)c1cc(Br)cnc1Cl. The van der Waals surface area contributed by atoms with E-state index in [0.29, 0.717) is 12.1 Å². The molecule has 1 N–H and O–H groups in total. The number of nitrogens with one attached hydrogen (secondary N) is 1. The molecule has 76 valence electrons. The number of rotatable bonds is 3. The van der Waals surface area contributed by atoms with Crippen molar-refractivity contribution in [3.8, 4) is 0 Å². The van der Waals surface area contributed by atoms with Crippen LogP contribution in [0.3, 0.4) is 0 Å². The van der Waals surface area contributed by atoms with Crippen LogP contribution in [0.4, 0.5) is 0 Å². The topological polar surface area (TPSA) is 42.0 Å². The Kier molecular flexibility index (Phi) is 4.35. The number of amides is 1. The second-order valence-electron chi connectivity index (χ2n) is 2.75. The molecule has 14 heavy (non-hydrogen) atoms. The molecule has 0 fully saturated rings. The number of halogens is 2. The van der Waals surface area contributed by atoms with E-state index in [2.05, 4.69) is 26.2 Å². The Morgan fingerprint density at radius 3 is 3.07 bits per heavy atom. The van der Waals surface area contributed by atoms with Crippen molar-refractivity contribution in [2.45, 2.75) is 13.3 Å². The fourth-order valence-corrected chi connectivity index (χ4v) is 1.44. The van der Waals surface area contributed by atoms with Crippen LogP contribution in [-0.2, 0) is 0 Å². The van der Waals surface area contributed by atoms with Crippen molar-refractivity contribution in [2.75, 3.05) is 6.54 Å². The first-order valence-corrected chi connectivity index (χ1v) is 5.41. The second-order valence-corrected chi connectivity index (χ2v) is 4.02. The summed E-state index contributed by atoms with van der Waals surface area (Å²) in [5, 5.41) is 2.96. The quantitative estimate of drug-likeness (QED) is 0.863. The summed E-state index contributed by atoms with van der Waals surface area (Å²) in [6.07, 6.45) is 2.45.